The van der Waals surface area contributed by atoms with Crippen molar-refractivity contribution in [3.05, 3.63) is 43.0 Å². The number of benzene rings is 1. The van der Waals surface area contributed by atoms with Crippen LogP contribution in [0.5, 0.6) is 5.75 Å². The number of carbonyl (C=O) groups excluding carboxylic acids is 1. The van der Waals surface area contributed by atoms with Crippen LogP contribution in [-0.2, 0) is 14.3 Å². The van der Waals surface area contributed by atoms with Crippen LogP contribution in [0.2, 0.25) is 0 Å². The standard InChI is InChI=1S/C12H14O5/c1-2-11(13)15-8-9-16-12(14)17-10-6-4-3-5-7-10/h2-7,12,14H,1,8-9H2. The third kappa shape index (κ3) is 5.70. The fourth-order valence-corrected chi connectivity index (χ4v) is 1.000. The molecule has 0 heterocycles. The third-order valence-electron chi connectivity index (χ3n) is 1.73. The van der Waals surface area contributed by atoms with Gasteiger partial charge in [-0.3, -0.25) is 0 Å². The molecule has 17 heavy (non-hydrogen) atoms. The van der Waals surface area contributed by atoms with E-state index < -0.39 is 12.4 Å². The fourth-order valence-electron chi connectivity index (χ4n) is 1.000. The van der Waals surface area contributed by atoms with Crippen LogP contribution in [0, 0.1) is 0 Å². The van der Waals surface area contributed by atoms with Crippen molar-refractivity contribution in [1.29, 1.82) is 0 Å². The van der Waals surface area contributed by atoms with E-state index in [0.29, 0.717) is 5.75 Å². The molecule has 1 rings (SSSR count). The van der Waals surface area contributed by atoms with Gasteiger partial charge < -0.3 is 19.3 Å². The number of para-hydroxylation sites is 1. The fraction of sp³-hybridized carbons (Fsp3) is 0.250. The third-order valence-corrected chi connectivity index (χ3v) is 1.73. The van der Waals surface area contributed by atoms with E-state index in [-0.39, 0.29) is 13.2 Å². The molecule has 0 amide bonds. The molecule has 92 valence electrons. The number of rotatable bonds is 7. The highest BCUT2D eigenvalue weighted by Gasteiger charge is 2.05. The van der Waals surface area contributed by atoms with Crippen molar-refractivity contribution >= 4 is 5.97 Å². The van der Waals surface area contributed by atoms with Crippen LogP contribution in [0.15, 0.2) is 43.0 Å². The molecule has 0 aliphatic heterocycles. The number of aliphatic hydroxyl groups excluding tert-OH is 1. The summed E-state index contributed by atoms with van der Waals surface area (Å²) in [6.45, 7) is 1.91. The maximum Gasteiger partial charge on any atom is 0.330 e. The molecule has 0 radical (unpaired) electrons. The SMILES string of the molecule is C=CC(=O)OCCOC(O)Oc1ccccc1. The van der Waals surface area contributed by atoms with Gasteiger partial charge in [-0.2, -0.15) is 0 Å². The highest BCUT2D eigenvalue weighted by molar-refractivity contribution is 5.81. The first-order valence-corrected chi connectivity index (χ1v) is 5.03. The van der Waals surface area contributed by atoms with Gasteiger partial charge >= 0.3 is 12.4 Å². The van der Waals surface area contributed by atoms with Gasteiger partial charge in [0, 0.05) is 6.08 Å². The second-order valence-electron chi connectivity index (χ2n) is 2.98. The van der Waals surface area contributed by atoms with Crippen LogP contribution < -0.4 is 4.74 Å². The Balaban J connectivity index is 2.15. The van der Waals surface area contributed by atoms with Crippen molar-refractivity contribution in [2.75, 3.05) is 13.2 Å². The molecule has 0 spiro atoms. The van der Waals surface area contributed by atoms with Gasteiger partial charge in [0.1, 0.15) is 12.4 Å². The van der Waals surface area contributed by atoms with Crippen LogP contribution in [-0.4, -0.2) is 30.8 Å². The van der Waals surface area contributed by atoms with Crippen LogP contribution in [0.1, 0.15) is 0 Å². The molecule has 0 saturated heterocycles. The van der Waals surface area contributed by atoms with E-state index in [1.165, 1.54) is 0 Å². The molecule has 5 nitrogen and oxygen atoms in total. The summed E-state index contributed by atoms with van der Waals surface area (Å²) in [6, 6.07) is 8.74. The topological polar surface area (TPSA) is 65.0 Å². The van der Waals surface area contributed by atoms with Crippen LogP contribution in [0.3, 0.4) is 0 Å². The monoisotopic (exact) mass is 238 g/mol. The second-order valence-corrected chi connectivity index (χ2v) is 2.98. The minimum atomic E-state index is -1.39. The lowest BCUT2D eigenvalue weighted by Crippen LogP contribution is -2.22. The van der Waals surface area contributed by atoms with Crippen molar-refractivity contribution in [2.24, 2.45) is 0 Å². The normalized spacial score (nSPS) is 11.6. The maximum absolute atomic E-state index is 10.7. The molecule has 0 fully saturated rings. The Morgan fingerprint density at radius 2 is 2.06 bits per heavy atom. The molecule has 1 atom stereocenters. The van der Waals surface area contributed by atoms with Gasteiger partial charge in [0.25, 0.3) is 0 Å². The summed E-state index contributed by atoms with van der Waals surface area (Å²) in [4.78, 5) is 10.7. The van der Waals surface area contributed by atoms with Gasteiger partial charge in [-0.25, -0.2) is 4.79 Å². The Bertz CT molecular complexity index is 349. The lowest BCUT2D eigenvalue weighted by Gasteiger charge is -2.13. The van der Waals surface area contributed by atoms with Crippen molar-refractivity contribution < 1.29 is 24.1 Å². The predicted molar refractivity (Wildman–Crippen MR) is 60.2 cm³/mol. The zero-order chi connectivity index (χ0) is 12.5. The summed E-state index contributed by atoms with van der Waals surface area (Å²) in [5, 5.41) is 9.32. The molecule has 0 aromatic heterocycles. The molecular formula is C12H14O5. The van der Waals surface area contributed by atoms with Crippen LogP contribution in [0.4, 0.5) is 0 Å². The van der Waals surface area contributed by atoms with E-state index in [1.807, 2.05) is 6.07 Å². The number of hydrogen-bond donors (Lipinski definition) is 1. The Labute approximate surface area is 99.2 Å². The molecule has 0 bridgehead atoms. The predicted octanol–water partition coefficient (Wildman–Crippen LogP) is 1.09. The Hall–Kier alpha value is -1.85. The molecule has 0 saturated carbocycles. The number of aliphatic hydroxyl groups is 1. The average Bonchev–Trinajstić information content (AvgIpc) is 2.35. The molecule has 1 aromatic carbocycles. The maximum atomic E-state index is 10.7. The van der Waals surface area contributed by atoms with E-state index >= 15 is 0 Å². The second kappa shape index (κ2) is 7.43. The molecule has 1 aromatic rings. The van der Waals surface area contributed by atoms with Gasteiger partial charge in [0.2, 0.25) is 0 Å². The molecule has 1 N–H and O–H groups in total. The van der Waals surface area contributed by atoms with Crippen molar-refractivity contribution in [3.8, 4) is 5.75 Å². The first-order valence-electron chi connectivity index (χ1n) is 5.03. The molecule has 0 aliphatic carbocycles. The molecular weight excluding hydrogens is 224 g/mol. The van der Waals surface area contributed by atoms with Crippen LogP contribution >= 0.6 is 0 Å². The van der Waals surface area contributed by atoms with E-state index in [0.717, 1.165) is 6.08 Å². The first kappa shape index (κ1) is 13.2. The first-order chi connectivity index (χ1) is 8.22. The molecule has 0 aliphatic rings. The minimum absolute atomic E-state index is 0.0278. The van der Waals surface area contributed by atoms with Gasteiger partial charge in [-0.1, -0.05) is 24.8 Å². The smallest absolute Gasteiger partial charge is 0.330 e. The van der Waals surface area contributed by atoms with Crippen molar-refractivity contribution in [2.45, 2.75) is 6.48 Å². The molecule has 5 heteroatoms. The Kier molecular flexibility index (Phi) is 5.77. The summed E-state index contributed by atoms with van der Waals surface area (Å²) in [5.74, 6) is -0.0462. The van der Waals surface area contributed by atoms with E-state index in [9.17, 15) is 9.90 Å². The van der Waals surface area contributed by atoms with E-state index in [1.54, 1.807) is 24.3 Å². The number of carbonyl (C=O) groups is 1. The van der Waals surface area contributed by atoms with E-state index in [4.69, 9.17) is 9.47 Å². The molecule has 1 unspecified atom stereocenters. The number of hydrogen-bond acceptors (Lipinski definition) is 5. The van der Waals surface area contributed by atoms with Gasteiger partial charge in [0.05, 0.1) is 6.61 Å². The average molecular weight is 238 g/mol. The van der Waals surface area contributed by atoms with Gasteiger partial charge in [-0.05, 0) is 12.1 Å². The van der Waals surface area contributed by atoms with Crippen LogP contribution in [0.25, 0.3) is 0 Å². The zero-order valence-corrected chi connectivity index (χ0v) is 9.24. The summed E-state index contributed by atoms with van der Waals surface area (Å²) in [5.41, 5.74) is 0. The lowest BCUT2D eigenvalue weighted by atomic mass is 10.3. The number of ether oxygens (including phenoxy) is 3. The minimum Gasteiger partial charge on any atom is -0.460 e. The number of esters is 1. The van der Waals surface area contributed by atoms with Crippen molar-refractivity contribution in [3.63, 3.8) is 0 Å². The highest BCUT2D eigenvalue weighted by Crippen LogP contribution is 2.10. The summed E-state index contributed by atoms with van der Waals surface area (Å²) in [7, 11) is 0. The Morgan fingerprint density at radius 1 is 1.35 bits per heavy atom. The zero-order valence-electron chi connectivity index (χ0n) is 9.24. The summed E-state index contributed by atoms with van der Waals surface area (Å²) >= 11 is 0. The largest absolute Gasteiger partial charge is 0.460 e. The Morgan fingerprint density at radius 3 is 2.71 bits per heavy atom. The summed E-state index contributed by atoms with van der Waals surface area (Å²) < 4.78 is 14.5. The van der Waals surface area contributed by atoms with Crippen molar-refractivity contribution in [1.82, 2.24) is 0 Å². The quantitative estimate of drug-likeness (QED) is 0.333. The van der Waals surface area contributed by atoms with Gasteiger partial charge in [0.15, 0.2) is 0 Å². The highest BCUT2D eigenvalue weighted by atomic mass is 16.8. The lowest BCUT2D eigenvalue weighted by molar-refractivity contribution is -0.221. The summed E-state index contributed by atoms with van der Waals surface area (Å²) in [6.07, 6.45) is 1.05. The van der Waals surface area contributed by atoms with E-state index in [2.05, 4.69) is 11.3 Å². The van der Waals surface area contributed by atoms with Gasteiger partial charge in [-0.15, -0.1) is 0 Å².